The molecule has 150 valence electrons. The maximum atomic E-state index is 13.1. The second-order valence-electron chi connectivity index (χ2n) is 7.51. The first-order valence-electron chi connectivity index (χ1n) is 9.83. The van der Waals surface area contributed by atoms with Crippen molar-refractivity contribution in [2.75, 3.05) is 13.1 Å². The van der Waals surface area contributed by atoms with Gasteiger partial charge in [-0.2, -0.15) is 0 Å². The van der Waals surface area contributed by atoms with E-state index in [2.05, 4.69) is 9.88 Å². The van der Waals surface area contributed by atoms with Crippen molar-refractivity contribution in [2.45, 2.75) is 25.8 Å². The van der Waals surface area contributed by atoms with E-state index < -0.39 is 5.97 Å². The van der Waals surface area contributed by atoms with Gasteiger partial charge in [0.2, 0.25) is 5.89 Å². The van der Waals surface area contributed by atoms with Crippen molar-refractivity contribution in [3.05, 3.63) is 77.4 Å². The van der Waals surface area contributed by atoms with Crippen molar-refractivity contribution in [3.63, 3.8) is 0 Å². The van der Waals surface area contributed by atoms with Crippen LogP contribution < -0.4 is 0 Å². The third-order valence-corrected chi connectivity index (χ3v) is 5.43. The molecule has 5 nitrogen and oxygen atoms in total. The number of nitrogens with zero attached hydrogens (tertiary/aromatic N) is 2. The average molecular weight is 394 g/mol. The highest BCUT2D eigenvalue weighted by Crippen LogP contribution is 2.26. The number of carbonyl (C=O) groups is 1. The van der Waals surface area contributed by atoms with Crippen LogP contribution in [-0.2, 0) is 13.0 Å². The van der Waals surface area contributed by atoms with Gasteiger partial charge >= 0.3 is 5.97 Å². The summed E-state index contributed by atoms with van der Waals surface area (Å²) in [7, 11) is 0. The van der Waals surface area contributed by atoms with Gasteiger partial charge in [-0.3, -0.25) is 4.90 Å². The lowest BCUT2D eigenvalue weighted by atomic mass is 9.90. The summed E-state index contributed by atoms with van der Waals surface area (Å²) in [5.74, 6) is -0.000320. The predicted molar refractivity (Wildman–Crippen MR) is 107 cm³/mol. The first kappa shape index (κ1) is 19.3. The molecular formula is C23H23FN2O3. The zero-order chi connectivity index (χ0) is 20.2. The van der Waals surface area contributed by atoms with Gasteiger partial charge in [-0.05, 0) is 68.1 Å². The highest BCUT2D eigenvalue weighted by molar-refractivity contribution is 5.87. The van der Waals surface area contributed by atoms with Crippen LogP contribution in [0.3, 0.4) is 0 Å². The lowest BCUT2D eigenvalue weighted by Gasteiger charge is -2.31. The fourth-order valence-electron chi connectivity index (χ4n) is 3.84. The molecule has 1 aromatic heterocycles. The molecule has 2 heterocycles. The van der Waals surface area contributed by atoms with Crippen LogP contribution in [0.1, 0.15) is 34.7 Å². The molecule has 0 bridgehead atoms. The van der Waals surface area contributed by atoms with Crippen molar-refractivity contribution >= 4 is 5.97 Å². The van der Waals surface area contributed by atoms with Gasteiger partial charge in [-0.25, -0.2) is 14.2 Å². The smallest absolute Gasteiger partial charge is 0.358 e. The summed E-state index contributed by atoms with van der Waals surface area (Å²) in [6.07, 6.45) is 2.97. The SMILES string of the molecule is O=C(O)c1nc(-c2ccccc2)oc1CN1CCC(Cc2ccc(F)cc2)CC1. The first-order valence-corrected chi connectivity index (χ1v) is 9.83. The van der Waals surface area contributed by atoms with Crippen molar-refractivity contribution in [1.29, 1.82) is 0 Å². The van der Waals surface area contributed by atoms with Crippen molar-refractivity contribution in [2.24, 2.45) is 5.92 Å². The lowest BCUT2D eigenvalue weighted by Crippen LogP contribution is -2.34. The zero-order valence-electron chi connectivity index (χ0n) is 16.1. The minimum absolute atomic E-state index is 0.0164. The lowest BCUT2D eigenvalue weighted by molar-refractivity contribution is 0.0685. The fourth-order valence-corrected chi connectivity index (χ4v) is 3.84. The van der Waals surface area contributed by atoms with E-state index in [-0.39, 0.29) is 11.5 Å². The predicted octanol–water partition coefficient (Wildman–Crippen LogP) is 4.63. The van der Waals surface area contributed by atoms with E-state index in [4.69, 9.17) is 4.42 Å². The van der Waals surface area contributed by atoms with Crippen LogP contribution in [0.15, 0.2) is 59.0 Å². The van der Waals surface area contributed by atoms with Crippen molar-refractivity contribution < 1.29 is 18.7 Å². The Morgan fingerprint density at radius 3 is 2.45 bits per heavy atom. The van der Waals surface area contributed by atoms with Gasteiger partial charge < -0.3 is 9.52 Å². The van der Waals surface area contributed by atoms with Gasteiger partial charge in [-0.1, -0.05) is 30.3 Å². The summed E-state index contributed by atoms with van der Waals surface area (Å²) in [6, 6.07) is 16.0. The number of benzene rings is 2. The van der Waals surface area contributed by atoms with E-state index >= 15 is 0 Å². The summed E-state index contributed by atoms with van der Waals surface area (Å²) >= 11 is 0. The van der Waals surface area contributed by atoms with Crippen LogP contribution in [0, 0.1) is 11.7 Å². The molecule has 1 fully saturated rings. The van der Waals surface area contributed by atoms with E-state index in [0.29, 0.717) is 24.1 Å². The number of oxazole rings is 1. The van der Waals surface area contributed by atoms with E-state index in [1.54, 1.807) is 0 Å². The molecule has 0 radical (unpaired) electrons. The Balaban J connectivity index is 1.39. The standard InChI is InChI=1S/C23H23FN2O3/c24-19-8-6-16(7-9-19)14-17-10-12-26(13-11-17)15-20-21(23(27)28)25-22(29-20)18-4-2-1-3-5-18/h1-9,17H,10-15H2,(H,27,28). The summed E-state index contributed by atoms with van der Waals surface area (Å²) in [5.41, 5.74) is 1.90. The monoisotopic (exact) mass is 394 g/mol. The van der Waals surface area contributed by atoms with Crippen LogP contribution in [0.2, 0.25) is 0 Å². The second kappa shape index (κ2) is 8.57. The maximum Gasteiger partial charge on any atom is 0.358 e. The Morgan fingerprint density at radius 1 is 1.10 bits per heavy atom. The molecule has 0 spiro atoms. The number of carboxylic acid groups (broad SMARTS) is 1. The third-order valence-electron chi connectivity index (χ3n) is 5.43. The molecule has 0 saturated carbocycles. The van der Waals surface area contributed by atoms with Crippen LogP contribution in [0.4, 0.5) is 4.39 Å². The van der Waals surface area contributed by atoms with Crippen LogP contribution in [0.25, 0.3) is 11.5 Å². The van der Waals surface area contributed by atoms with Gasteiger partial charge in [0.25, 0.3) is 0 Å². The van der Waals surface area contributed by atoms with Crippen LogP contribution >= 0.6 is 0 Å². The number of likely N-dealkylation sites (tertiary alicyclic amines) is 1. The first-order chi connectivity index (χ1) is 14.1. The molecule has 1 saturated heterocycles. The van der Waals surface area contributed by atoms with E-state index in [0.717, 1.165) is 43.5 Å². The van der Waals surface area contributed by atoms with Gasteiger partial charge in [0.15, 0.2) is 11.5 Å². The summed E-state index contributed by atoms with van der Waals surface area (Å²) in [6.45, 7) is 2.17. The van der Waals surface area contributed by atoms with Crippen molar-refractivity contribution in [1.82, 2.24) is 9.88 Å². The normalized spacial score (nSPS) is 15.5. The van der Waals surface area contributed by atoms with Gasteiger partial charge in [-0.15, -0.1) is 0 Å². The molecule has 1 aliphatic heterocycles. The molecule has 3 aromatic rings. The fraction of sp³-hybridized carbons (Fsp3) is 0.304. The number of hydrogen-bond donors (Lipinski definition) is 1. The molecule has 0 atom stereocenters. The zero-order valence-corrected chi connectivity index (χ0v) is 16.1. The van der Waals surface area contributed by atoms with Crippen molar-refractivity contribution in [3.8, 4) is 11.5 Å². The number of piperidine rings is 1. The molecule has 1 aliphatic rings. The molecule has 0 amide bonds. The van der Waals surface area contributed by atoms with Gasteiger partial charge in [0.1, 0.15) is 5.82 Å². The largest absolute Gasteiger partial charge is 0.476 e. The quantitative estimate of drug-likeness (QED) is 0.660. The molecule has 4 rings (SSSR count). The Hall–Kier alpha value is -2.99. The number of aromatic carboxylic acids is 1. The average Bonchev–Trinajstić information content (AvgIpc) is 3.16. The Bertz CT molecular complexity index is 962. The highest BCUT2D eigenvalue weighted by atomic mass is 19.1. The second-order valence-corrected chi connectivity index (χ2v) is 7.51. The highest BCUT2D eigenvalue weighted by Gasteiger charge is 2.25. The van der Waals surface area contributed by atoms with Crippen LogP contribution in [-0.4, -0.2) is 34.0 Å². The number of rotatable bonds is 6. The molecule has 2 aromatic carbocycles. The Morgan fingerprint density at radius 2 is 1.79 bits per heavy atom. The number of aromatic nitrogens is 1. The maximum absolute atomic E-state index is 13.1. The minimum Gasteiger partial charge on any atom is -0.476 e. The van der Waals surface area contributed by atoms with E-state index in [1.807, 2.05) is 42.5 Å². The van der Waals surface area contributed by atoms with Crippen LogP contribution in [0.5, 0.6) is 0 Å². The molecule has 1 N–H and O–H groups in total. The number of halogens is 1. The summed E-state index contributed by atoms with van der Waals surface area (Å²) in [4.78, 5) is 18.0. The minimum atomic E-state index is -1.07. The van der Waals surface area contributed by atoms with E-state index in [9.17, 15) is 14.3 Å². The van der Waals surface area contributed by atoms with Gasteiger partial charge in [0.05, 0.1) is 6.54 Å². The summed E-state index contributed by atoms with van der Waals surface area (Å²) in [5, 5.41) is 9.51. The molecule has 0 aliphatic carbocycles. The summed E-state index contributed by atoms with van der Waals surface area (Å²) < 4.78 is 18.9. The number of hydrogen-bond acceptors (Lipinski definition) is 4. The molecule has 29 heavy (non-hydrogen) atoms. The molecular weight excluding hydrogens is 371 g/mol. The topological polar surface area (TPSA) is 66.6 Å². The third kappa shape index (κ3) is 4.71. The van der Waals surface area contributed by atoms with E-state index in [1.165, 1.54) is 12.1 Å². The number of carboxylic acids is 1. The Kier molecular flexibility index (Phi) is 5.71. The Labute approximate surface area is 168 Å². The van der Waals surface area contributed by atoms with Gasteiger partial charge in [0, 0.05) is 5.56 Å². The molecule has 0 unspecified atom stereocenters. The molecule has 6 heteroatoms.